The Kier molecular flexibility index (Phi) is 49.3. The van der Waals surface area contributed by atoms with Crippen LogP contribution in [0.15, 0.2) is 218 Å². The number of fused-ring (bicyclic) bond motifs is 5. The fourth-order valence-electron chi connectivity index (χ4n) is 13.0. The van der Waals surface area contributed by atoms with Crippen molar-refractivity contribution in [3.8, 4) is 11.1 Å². The van der Waals surface area contributed by atoms with E-state index in [2.05, 4.69) is 312 Å². The van der Waals surface area contributed by atoms with Crippen molar-refractivity contribution >= 4 is 266 Å². The minimum Gasteiger partial charge on any atom is -0.423 e. The molecule has 0 bridgehead atoms. The second-order valence-electron chi connectivity index (χ2n) is 33.7. The van der Waals surface area contributed by atoms with Gasteiger partial charge in [0.05, 0.1) is 57.2 Å². The van der Waals surface area contributed by atoms with Gasteiger partial charge in [0.25, 0.3) is 6.34 Å². The number of imidazole rings is 4. The van der Waals surface area contributed by atoms with E-state index in [9.17, 15) is 19.8 Å². The van der Waals surface area contributed by atoms with Crippen LogP contribution >= 0.6 is 133 Å². The van der Waals surface area contributed by atoms with Gasteiger partial charge in [-0.2, -0.15) is 50.2 Å². The molecule has 9 aromatic heterocycles. The lowest BCUT2D eigenvalue weighted by atomic mass is 9.80. The molecular formula is C100H119BBr4Cl4IN30O7+. The van der Waals surface area contributed by atoms with E-state index >= 15 is 0 Å². The van der Waals surface area contributed by atoms with Crippen LogP contribution in [-0.4, -0.2) is 181 Å². The van der Waals surface area contributed by atoms with Gasteiger partial charge in [-0.1, -0.05) is 218 Å². The van der Waals surface area contributed by atoms with E-state index in [1.165, 1.54) is 25.5 Å². The summed E-state index contributed by atoms with van der Waals surface area (Å²) in [6, 6.07) is 55.2. The SMILES string of the molecule is CC(=O)Nc1cccc(B(O)O)c1.CC(C)I.CC(C)n1cnc2c(NCc3ccc(Br)cc3)nc(Cl)nc21.CC[C@@H](N)CO.CC[C@H](CO)Nc1nc(NCc2ccc(-c3cccc(NC(C)=O)c3)cc2)c2ncn(C(C)C)c2n1.CC[C@H](CO)Nc1nc(NCc2ccc(Br)cc2)c2ncn(C(C)C)c2n1.Clc1nc(Cl)c2c(n1)N[C+]=N2.Clc1nc(NCc2ccc(Br)cc2)c2[nH]cnc2n1.NCc1ccc(Br)cc1. The number of H-pyrrole nitrogens is 1. The molecule has 3 atom stereocenters. The fraction of sp³-hybridized carbons (Fsp3) is 0.310. The van der Waals surface area contributed by atoms with Crippen LogP contribution in [0, 0.1) is 0 Å². The predicted molar refractivity (Wildman–Crippen MR) is 616 cm³/mol. The van der Waals surface area contributed by atoms with Crippen LogP contribution in [-0.2, 0) is 42.3 Å². The van der Waals surface area contributed by atoms with E-state index in [0.717, 1.165) is 114 Å². The molecule has 1 aliphatic heterocycles. The van der Waals surface area contributed by atoms with Crippen LogP contribution in [0.5, 0.6) is 0 Å². The average molecular weight is 2450 g/mol. The molecule has 47 heteroatoms. The largest absolute Gasteiger partial charge is 0.488 e. The predicted octanol–water partition coefficient (Wildman–Crippen LogP) is 21.1. The van der Waals surface area contributed by atoms with Gasteiger partial charge in [-0.3, -0.25) is 9.59 Å². The smallest absolute Gasteiger partial charge is 0.423 e. The molecule has 37 nitrogen and oxygen atoms in total. The number of anilines is 9. The van der Waals surface area contributed by atoms with Gasteiger partial charge in [0, 0.05) is 104 Å². The number of carbonyl (C=O) groups is 2. The molecule has 0 fully saturated rings. The number of nitrogens with two attached hydrogens (primary N) is 2. The number of amides is 2. The van der Waals surface area contributed by atoms with Gasteiger partial charge < -0.3 is 98.1 Å². The van der Waals surface area contributed by atoms with Crippen molar-refractivity contribution in [2.45, 2.75) is 182 Å². The molecule has 0 spiro atoms. The summed E-state index contributed by atoms with van der Waals surface area (Å²) in [6.45, 7) is 28.9. The van der Waals surface area contributed by atoms with E-state index in [4.69, 9.17) is 73.0 Å². The number of benzene rings is 7. The highest BCUT2D eigenvalue weighted by atomic mass is 127. The molecule has 776 valence electrons. The maximum atomic E-state index is 11.4. The first-order valence-electron chi connectivity index (χ1n) is 46.7. The van der Waals surface area contributed by atoms with Crippen LogP contribution in [0.25, 0.3) is 55.8 Å². The summed E-state index contributed by atoms with van der Waals surface area (Å²) in [5, 5.41) is 73.5. The number of hydrogen-bond acceptors (Lipinski definition) is 31. The zero-order valence-electron chi connectivity index (χ0n) is 83.0. The van der Waals surface area contributed by atoms with Crippen molar-refractivity contribution in [2.75, 3.05) is 67.7 Å². The number of carbonyl (C=O) groups excluding carboxylic acids is 2. The van der Waals surface area contributed by atoms with Crippen LogP contribution in [0.3, 0.4) is 0 Å². The summed E-state index contributed by atoms with van der Waals surface area (Å²) in [7, 11) is -1.51. The Balaban J connectivity index is 0.000000195. The van der Waals surface area contributed by atoms with Crippen molar-refractivity contribution in [3.05, 3.63) is 262 Å². The maximum Gasteiger partial charge on any atom is 0.488 e. The minimum absolute atomic E-state index is 0.00414. The molecule has 10 heterocycles. The van der Waals surface area contributed by atoms with E-state index in [-0.39, 0.29) is 88.9 Å². The van der Waals surface area contributed by atoms with E-state index in [0.29, 0.717) is 102 Å². The third-order valence-corrected chi connectivity index (χ3v) is 23.8. The Morgan fingerprint density at radius 2 is 0.857 bits per heavy atom. The summed E-state index contributed by atoms with van der Waals surface area (Å²) >= 11 is 39.1. The zero-order chi connectivity index (χ0) is 107. The van der Waals surface area contributed by atoms with Crippen LogP contribution < -0.4 is 64.8 Å². The average Bonchev–Trinajstić information content (AvgIpc) is 1.65. The van der Waals surface area contributed by atoms with Crippen molar-refractivity contribution in [1.82, 2.24) is 88.5 Å². The second-order valence-corrected chi connectivity index (χ2v) is 41.2. The van der Waals surface area contributed by atoms with Gasteiger partial charge in [0.15, 0.2) is 62.4 Å². The zero-order valence-corrected chi connectivity index (χ0v) is 94.6. The van der Waals surface area contributed by atoms with E-state index in [1.54, 1.807) is 43.5 Å². The first kappa shape index (κ1) is 119. The molecule has 0 saturated carbocycles. The number of nitrogens with one attached hydrogen (secondary N) is 10. The van der Waals surface area contributed by atoms with Crippen molar-refractivity contribution in [1.29, 1.82) is 0 Å². The summed E-state index contributed by atoms with van der Waals surface area (Å²) < 4.78 is 11.1. The molecule has 0 saturated heterocycles. The lowest BCUT2D eigenvalue weighted by molar-refractivity contribution is -0.115. The molecule has 0 unspecified atom stereocenters. The van der Waals surface area contributed by atoms with Crippen LogP contribution in [0.1, 0.15) is 155 Å². The van der Waals surface area contributed by atoms with Crippen LogP contribution in [0.2, 0.25) is 21.0 Å². The highest BCUT2D eigenvalue weighted by molar-refractivity contribution is 14.1. The number of aliphatic imine (C=N–C) groups is 1. The third-order valence-electron chi connectivity index (χ3n) is 20.9. The van der Waals surface area contributed by atoms with Crippen molar-refractivity contribution in [2.24, 2.45) is 16.5 Å². The molecule has 1 aliphatic rings. The molecule has 147 heavy (non-hydrogen) atoms. The molecule has 0 radical (unpaired) electrons. The van der Waals surface area contributed by atoms with E-state index < -0.39 is 7.12 Å². The standard InChI is InChI=1S/C27H33N7O2.C19H25BrN6O.C15H15BrClN5.C12H9BrClN5.C8H10BNO3.C7H8BrN.C5HCl2N4.C4H11NO.C3H7I/c1-5-22(15-35)31-27-32-25(24-26(33-27)34(16-29-24)17(2)3)28-14-19-9-11-20(12-10-19)21-7-6-8-23(13-21)30-18(4)36;1-4-15(10-27)23-19-24-17(21-9-13-5-7-14(20)8-6-13)16-18(25-19)26(11-22-16)12(2)3;1-9(2)22-8-19-12-13(20-15(17)21-14(12)22)18-7-10-3-5-11(16)6-4-10;13-8-3-1-7(2-4-8)5-15-10-9-11(17-6-16-9)19-12(14)18-10;1-6(11)10-8-4-2-3-7(5-8)9(12)13;8-7-3-1-6(5-9)2-4-7;6-3-2-4(9-1-8-2)11-5(7)10-3;1-2-4(5)3-6;1-3(2)4/h6-13,16-17,22,35H,5,14-15H2,1-4H3,(H,30,36)(H2,28,31,32,33);5-8,11-12,15,27H,4,9-10H2,1-3H3,(H2,21,23,24,25);3-6,8-9H,7H2,1-2H3,(H,18,20,21);1-4,6H,5H2,(H2,15,16,17,18,19);2-5,12-13H,1H3,(H,10,11);1-4H,5,9H2;(H,8,9,10,11);4,6H,2-3,5H2,1H3;3H,1-2H3/q;;;;;;+1;;/t22-;15-;;;;;;4-;/m11.....1./s1. The molecular weight excluding hydrogens is 2330 g/mol. The highest BCUT2D eigenvalue weighted by Crippen LogP contribution is 2.35. The first-order chi connectivity index (χ1) is 70.4. The van der Waals surface area contributed by atoms with E-state index in [1.807, 2.05) is 144 Å². The Morgan fingerprint density at radius 1 is 0.469 bits per heavy atom. The van der Waals surface area contributed by atoms with Crippen molar-refractivity contribution < 1.29 is 35.0 Å². The fourth-order valence-corrected chi connectivity index (χ4v) is 14.8. The Hall–Kier alpha value is -11.5. The van der Waals surface area contributed by atoms with Crippen LogP contribution in [0.4, 0.5) is 58.0 Å². The molecule has 19 N–H and O–H groups in total. The number of aliphatic hydroxyl groups excluding tert-OH is 3. The normalized spacial score (nSPS) is 11.5. The molecule has 17 rings (SSSR count). The number of hydrogen-bond donors (Lipinski definition) is 17. The number of aromatic amines is 1. The number of nitrogens with zero attached hydrogens (tertiary/aromatic N) is 18. The van der Waals surface area contributed by atoms with Gasteiger partial charge >= 0.3 is 18.6 Å². The summed E-state index contributed by atoms with van der Waals surface area (Å²) in [6.07, 6.45) is 11.8. The molecule has 2 amide bonds. The summed E-state index contributed by atoms with van der Waals surface area (Å²) in [5.41, 5.74) is 26.3. The monoisotopic (exact) mass is 2450 g/mol. The number of alkyl halides is 1. The van der Waals surface area contributed by atoms with Crippen molar-refractivity contribution in [3.63, 3.8) is 0 Å². The Bertz CT molecular complexity index is 6860. The molecule has 7 aromatic carbocycles. The molecule has 16 aromatic rings. The second kappa shape index (κ2) is 60.9. The lowest BCUT2D eigenvalue weighted by Gasteiger charge is -2.16. The third kappa shape index (κ3) is 38.6. The number of rotatable bonds is 30. The Morgan fingerprint density at radius 3 is 1.25 bits per heavy atom. The van der Waals surface area contributed by atoms with Gasteiger partial charge in [0.1, 0.15) is 5.52 Å². The Labute approximate surface area is 920 Å². The number of aliphatic hydroxyl groups is 3. The van der Waals surface area contributed by atoms with Gasteiger partial charge in [-0.15, -0.1) is 4.98 Å². The van der Waals surface area contributed by atoms with Gasteiger partial charge in [-0.05, 0) is 229 Å². The highest BCUT2D eigenvalue weighted by Gasteiger charge is 2.27. The van der Waals surface area contributed by atoms with Gasteiger partial charge in [0.2, 0.25) is 44.7 Å². The topological polar surface area (TPSA) is 519 Å². The first-order valence-corrected chi connectivity index (χ1v) is 52.6. The number of halogens is 9. The minimum atomic E-state index is -1.51. The summed E-state index contributed by atoms with van der Waals surface area (Å²) in [4.78, 5) is 89.2. The molecule has 0 aliphatic carbocycles. The van der Waals surface area contributed by atoms with Gasteiger partial charge in [-0.25, -0.2) is 19.9 Å². The lowest BCUT2D eigenvalue weighted by Crippen LogP contribution is -2.29. The number of aromatic nitrogens is 18. The maximum absolute atomic E-state index is 11.4. The summed E-state index contributed by atoms with van der Waals surface area (Å²) in [5.74, 6) is 3.78. The quantitative estimate of drug-likeness (QED) is 0.00496.